The van der Waals surface area contributed by atoms with Gasteiger partial charge >= 0.3 is 0 Å². The van der Waals surface area contributed by atoms with Crippen molar-refractivity contribution in [3.8, 4) is 0 Å². The number of nitrogens with one attached hydrogen (secondary N) is 1. The van der Waals surface area contributed by atoms with Crippen molar-refractivity contribution in [2.75, 3.05) is 36.4 Å². The monoisotopic (exact) mass is 364 g/mol. The van der Waals surface area contributed by atoms with Crippen LogP contribution in [0, 0.1) is 0 Å². The number of nitrogens with zero attached hydrogens (tertiary/aromatic N) is 3. The van der Waals surface area contributed by atoms with Crippen LogP contribution in [0.25, 0.3) is 0 Å². The third-order valence-electron chi connectivity index (χ3n) is 4.28. The van der Waals surface area contributed by atoms with Crippen LogP contribution in [0.3, 0.4) is 0 Å². The van der Waals surface area contributed by atoms with Crippen molar-refractivity contribution in [2.45, 2.75) is 19.4 Å². The summed E-state index contributed by atoms with van der Waals surface area (Å²) in [6.07, 6.45) is 2.85. The zero-order valence-corrected chi connectivity index (χ0v) is 15.2. The van der Waals surface area contributed by atoms with Crippen molar-refractivity contribution in [1.82, 2.24) is 9.88 Å². The van der Waals surface area contributed by atoms with Crippen LogP contribution in [-0.4, -0.2) is 48.0 Å². The molecule has 24 heavy (non-hydrogen) atoms. The highest BCUT2D eigenvalue weighted by Gasteiger charge is 2.25. The maximum Gasteiger partial charge on any atom is 0.241 e. The van der Waals surface area contributed by atoms with E-state index in [0.717, 1.165) is 37.7 Å². The predicted molar refractivity (Wildman–Crippen MR) is 100 cm³/mol. The summed E-state index contributed by atoms with van der Waals surface area (Å²) in [5.41, 5.74) is 0.662. The molecule has 1 unspecified atom stereocenters. The van der Waals surface area contributed by atoms with Gasteiger partial charge in [0.05, 0.1) is 16.8 Å². The number of benzene rings is 1. The Kier molecular flexibility index (Phi) is 5.71. The van der Waals surface area contributed by atoms with Gasteiger partial charge in [-0.15, -0.1) is 11.3 Å². The van der Waals surface area contributed by atoms with Crippen LogP contribution < -0.4 is 10.2 Å². The summed E-state index contributed by atoms with van der Waals surface area (Å²) in [5.74, 6) is -0.0224. The van der Waals surface area contributed by atoms with E-state index in [9.17, 15) is 4.79 Å². The largest absolute Gasteiger partial charge is 0.347 e. The summed E-state index contributed by atoms with van der Waals surface area (Å²) in [5, 5.41) is 6.55. The molecule has 1 fully saturated rings. The smallest absolute Gasteiger partial charge is 0.241 e. The topological polar surface area (TPSA) is 48.5 Å². The Morgan fingerprint density at radius 3 is 2.88 bits per heavy atom. The van der Waals surface area contributed by atoms with Gasteiger partial charge in [-0.05, 0) is 25.5 Å². The first kappa shape index (κ1) is 17.2. The molecular weight excluding hydrogens is 344 g/mol. The van der Waals surface area contributed by atoms with E-state index in [4.69, 9.17) is 11.6 Å². The molecule has 5 nitrogen and oxygen atoms in total. The van der Waals surface area contributed by atoms with E-state index in [2.05, 4.69) is 20.1 Å². The Balaban J connectivity index is 1.59. The zero-order chi connectivity index (χ0) is 16.9. The van der Waals surface area contributed by atoms with E-state index in [-0.39, 0.29) is 11.9 Å². The third-order valence-corrected chi connectivity index (χ3v) is 5.44. The summed E-state index contributed by atoms with van der Waals surface area (Å²) < 4.78 is 0. The Bertz CT molecular complexity index is 679. The number of hydrogen-bond acceptors (Lipinski definition) is 5. The lowest BCUT2D eigenvalue weighted by molar-refractivity contribution is -0.120. The van der Waals surface area contributed by atoms with Crippen molar-refractivity contribution in [3.63, 3.8) is 0 Å². The van der Waals surface area contributed by atoms with Crippen molar-refractivity contribution in [3.05, 3.63) is 40.9 Å². The van der Waals surface area contributed by atoms with E-state index < -0.39 is 0 Å². The lowest BCUT2D eigenvalue weighted by Crippen LogP contribution is -2.44. The van der Waals surface area contributed by atoms with E-state index in [1.54, 1.807) is 17.4 Å². The maximum absolute atomic E-state index is 12.6. The number of carbonyl (C=O) groups excluding carboxylic acids is 1. The lowest BCUT2D eigenvalue weighted by Gasteiger charge is -2.27. The molecule has 1 aromatic heterocycles. The van der Waals surface area contributed by atoms with E-state index in [1.165, 1.54) is 0 Å². The highest BCUT2D eigenvalue weighted by atomic mass is 35.5. The average Bonchev–Trinajstić information content (AvgIpc) is 3.01. The van der Waals surface area contributed by atoms with Gasteiger partial charge in [0.1, 0.15) is 0 Å². The minimum absolute atomic E-state index is 0.0224. The molecule has 0 bridgehead atoms. The molecule has 1 saturated heterocycles. The molecule has 0 aliphatic carbocycles. The minimum atomic E-state index is -0.197. The van der Waals surface area contributed by atoms with Gasteiger partial charge in [-0.3, -0.25) is 9.69 Å². The summed E-state index contributed by atoms with van der Waals surface area (Å²) in [7, 11) is 0. The number of carbonyl (C=O) groups is 1. The van der Waals surface area contributed by atoms with Gasteiger partial charge in [0.15, 0.2) is 5.13 Å². The fourth-order valence-corrected chi connectivity index (χ4v) is 3.73. The number of thiazole rings is 1. The van der Waals surface area contributed by atoms with Gasteiger partial charge in [-0.2, -0.15) is 0 Å². The van der Waals surface area contributed by atoms with Crippen LogP contribution in [0.15, 0.2) is 35.8 Å². The fraction of sp³-hybridized carbons (Fsp3) is 0.412. The Morgan fingerprint density at radius 1 is 1.29 bits per heavy atom. The van der Waals surface area contributed by atoms with Crippen LogP contribution in [0.2, 0.25) is 5.02 Å². The van der Waals surface area contributed by atoms with E-state index in [1.807, 2.05) is 36.7 Å². The number of hydrogen-bond donors (Lipinski definition) is 1. The molecule has 0 spiro atoms. The number of amides is 1. The summed E-state index contributed by atoms with van der Waals surface area (Å²) in [6, 6.07) is 7.12. The van der Waals surface area contributed by atoms with Crippen LogP contribution in [0.1, 0.15) is 13.3 Å². The first-order valence-corrected chi connectivity index (χ1v) is 9.35. The molecule has 1 aliphatic heterocycles. The second kappa shape index (κ2) is 7.96. The summed E-state index contributed by atoms with van der Waals surface area (Å²) in [4.78, 5) is 21.5. The number of aromatic nitrogens is 1. The predicted octanol–water partition coefficient (Wildman–Crippen LogP) is 3.34. The molecule has 2 heterocycles. The minimum Gasteiger partial charge on any atom is -0.347 e. The van der Waals surface area contributed by atoms with Crippen molar-refractivity contribution >= 4 is 39.7 Å². The Hall–Kier alpha value is -1.63. The Morgan fingerprint density at radius 2 is 2.12 bits per heavy atom. The van der Waals surface area contributed by atoms with Crippen molar-refractivity contribution < 1.29 is 4.79 Å². The van der Waals surface area contributed by atoms with Crippen molar-refractivity contribution in [1.29, 1.82) is 0 Å². The molecule has 1 atom stereocenters. The second-order valence-electron chi connectivity index (χ2n) is 5.84. The second-order valence-corrected chi connectivity index (χ2v) is 7.12. The number of anilines is 2. The molecule has 1 aromatic carbocycles. The van der Waals surface area contributed by atoms with Gasteiger partial charge in [-0.1, -0.05) is 23.7 Å². The van der Waals surface area contributed by atoms with Crippen LogP contribution in [0.4, 0.5) is 10.8 Å². The highest BCUT2D eigenvalue weighted by molar-refractivity contribution is 7.13. The molecule has 1 aliphatic rings. The Labute approximate surface area is 151 Å². The molecule has 128 valence electrons. The first-order chi connectivity index (χ1) is 11.6. The summed E-state index contributed by atoms with van der Waals surface area (Å²) in [6.45, 7) is 5.56. The SMILES string of the molecule is CC(C(=O)Nc1ccccc1Cl)N1CCCN(c2nccs2)CC1. The molecule has 7 heteroatoms. The molecule has 1 amide bonds. The highest BCUT2D eigenvalue weighted by Crippen LogP contribution is 2.22. The normalized spacial score (nSPS) is 17.3. The van der Waals surface area contributed by atoms with Gasteiger partial charge in [0, 0.05) is 37.8 Å². The standard InChI is InChI=1S/C17H21ClN4OS/c1-13(16(23)20-15-6-3-2-5-14(15)18)21-8-4-9-22(11-10-21)17-19-7-12-24-17/h2-3,5-7,12-13H,4,8-11H2,1H3,(H,20,23). The van der Waals surface area contributed by atoms with Crippen LogP contribution in [0.5, 0.6) is 0 Å². The first-order valence-electron chi connectivity index (χ1n) is 8.09. The van der Waals surface area contributed by atoms with Gasteiger partial charge < -0.3 is 10.2 Å². The van der Waals surface area contributed by atoms with E-state index in [0.29, 0.717) is 10.7 Å². The number of rotatable bonds is 4. The van der Waals surface area contributed by atoms with E-state index >= 15 is 0 Å². The maximum atomic E-state index is 12.6. The van der Waals surface area contributed by atoms with Crippen LogP contribution in [-0.2, 0) is 4.79 Å². The molecule has 2 aromatic rings. The van der Waals surface area contributed by atoms with Crippen molar-refractivity contribution in [2.24, 2.45) is 0 Å². The lowest BCUT2D eigenvalue weighted by atomic mass is 10.2. The van der Waals surface area contributed by atoms with Crippen LogP contribution >= 0.6 is 22.9 Å². The molecular formula is C17H21ClN4OS. The number of halogens is 1. The molecule has 0 saturated carbocycles. The molecule has 1 N–H and O–H groups in total. The van der Waals surface area contributed by atoms with Gasteiger partial charge in [0.25, 0.3) is 0 Å². The quantitative estimate of drug-likeness (QED) is 0.904. The molecule has 3 rings (SSSR count). The number of para-hydroxylation sites is 1. The fourth-order valence-electron chi connectivity index (χ4n) is 2.85. The summed E-state index contributed by atoms with van der Waals surface area (Å²) >= 11 is 7.78. The third kappa shape index (κ3) is 4.06. The van der Waals surface area contributed by atoms with Gasteiger partial charge in [-0.25, -0.2) is 4.98 Å². The molecule has 0 radical (unpaired) electrons. The van der Waals surface area contributed by atoms with Gasteiger partial charge in [0.2, 0.25) is 5.91 Å². The zero-order valence-electron chi connectivity index (χ0n) is 13.6. The average molecular weight is 365 g/mol.